The molecule has 1 aliphatic rings. The van der Waals surface area contributed by atoms with Crippen molar-refractivity contribution in [1.82, 2.24) is 0 Å². The molecule has 0 heterocycles. The van der Waals surface area contributed by atoms with E-state index in [4.69, 9.17) is 0 Å². The van der Waals surface area contributed by atoms with Crippen molar-refractivity contribution in [3.8, 4) is 0 Å². The number of alkyl halides is 3. The van der Waals surface area contributed by atoms with Crippen molar-refractivity contribution in [3.63, 3.8) is 0 Å². The second-order valence-corrected chi connectivity index (χ2v) is 5.14. The van der Waals surface area contributed by atoms with Gasteiger partial charge in [-0.2, -0.15) is 13.2 Å². The normalized spacial score (nSPS) is 18.8. The number of benzene rings is 1. The highest BCUT2D eigenvalue weighted by atomic mass is 19.4. The maximum Gasteiger partial charge on any atom is 0.419 e. The molecule has 0 radical (unpaired) electrons. The van der Waals surface area contributed by atoms with Gasteiger partial charge in [0.05, 0.1) is 11.7 Å². The molecule has 1 aliphatic carbocycles. The summed E-state index contributed by atoms with van der Waals surface area (Å²) in [4.78, 5) is 0. The summed E-state index contributed by atoms with van der Waals surface area (Å²) in [7, 11) is 0. The van der Waals surface area contributed by atoms with Crippen LogP contribution in [0.3, 0.4) is 0 Å². The fourth-order valence-electron chi connectivity index (χ4n) is 2.67. The first kappa shape index (κ1) is 14.3. The lowest BCUT2D eigenvalue weighted by atomic mass is 9.94. The van der Waals surface area contributed by atoms with E-state index in [0.717, 1.165) is 37.8 Å². The first-order chi connectivity index (χ1) is 8.88. The fourth-order valence-corrected chi connectivity index (χ4v) is 2.67. The quantitative estimate of drug-likeness (QED) is 0.808. The number of halogens is 4. The van der Waals surface area contributed by atoms with Crippen LogP contribution in [-0.2, 0) is 6.18 Å². The number of hydrogen-bond acceptors (Lipinski definition) is 1. The second kappa shape index (κ2) is 5.49. The van der Waals surface area contributed by atoms with E-state index in [0.29, 0.717) is 12.3 Å². The smallest absolute Gasteiger partial charge is 0.388 e. The van der Waals surface area contributed by atoms with Gasteiger partial charge in [0.25, 0.3) is 0 Å². The summed E-state index contributed by atoms with van der Waals surface area (Å²) in [5.41, 5.74) is -1.17. The highest BCUT2D eigenvalue weighted by Gasteiger charge is 2.34. The zero-order valence-corrected chi connectivity index (χ0v) is 10.4. The molecule has 1 nitrogen and oxygen atoms in total. The summed E-state index contributed by atoms with van der Waals surface area (Å²) in [6.45, 7) is 0. The Balaban J connectivity index is 2.15. The minimum atomic E-state index is -4.73. The molecule has 1 fully saturated rings. The summed E-state index contributed by atoms with van der Waals surface area (Å²) in [6, 6.07) is 2.72. The molecular formula is C14H16F4O. The van der Waals surface area contributed by atoms with E-state index >= 15 is 0 Å². The highest BCUT2D eigenvalue weighted by molar-refractivity contribution is 5.28. The van der Waals surface area contributed by atoms with Crippen molar-refractivity contribution in [3.05, 3.63) is 35.1 Å². The first-order valence-electron chi connectivity index (χ1n) is 6.42. The van der Waals surface area contributed by atoms with E-state index in [1.165, 1.54) is 6.07 Å². The molecule has 106 valence electrons. The lowest BCUT2D eigenvalue weighted by Gasteiger charge is -2.17. The number of aliphatic hydroxyl groups is 1. The molecule has 1 N–H and O–H groups in total. The van der Waals surface area contributed by atoms with Crippen LogP contribution in [0.5, 0.6) is 0 Å². The van der Waals surface area contributed by atoms with Crippen LogP contribution in [-0.4, -0.2) is 5.11 Å². The van der Waals surface area contributed by atoms with Gasteiger partial charge in [-0.05, 0) is 30.0 Å². The lowest BCUT2D eigenvalue weighted by molar-refractivity contribution is -0.140. The summed E-state index contributed by atoms with van der Waals surface area (Å²) < 4.78 is 50.9. The zero-order chi connectivity index (χ0) is 14.0. The molecule has 0 amide bonds. The van der Waals surface area contributed by atoms with Gasteiger partial charge in [0.2, 0.25) is 0 Å². The van der Waals surface area contributed by atoms with Crippen LogP contribution < -0.4 is 0 Å². The molecule has 0 bridgehead atoms. The molecule has 0 saturated heterocycles. The summed E-state index contributed by atoms with van der Waals surface area (Å²) in [5.74, 6) is -0.946. The molecule has 1 saturated carbocycles. The van der Waals surface area contributed by atoms with Gasteiger partial charge >= 0.3 is 6.18 Å². The fraction of sp³-hybridized carbons (Fsp3) is 0.571. The molecule has 1 unspecified atom stereocenters. The molecule has 0 aliphatic heterocycles. The van der Waals surface area contributed by atoms with Crippen LogP contribution >= 0.6 is 0 Å². The van der Waals surface area contributed by atoms with Crippen LogP contribution in [0.4, 0.5) is 17.6 Å². The third-order valence-corrected chi connectivity index (χ3v) is 3.71. The maximum atomic E-state index is 13.1. The van der Waals surface area contributed by atoms with Crippen molar-refractivity contribution in [2.24, 2.45) is 5.92 Å². The average Bonchev–Trinajstić information content (AvgIpc) is 2.80. The Kier molecular flexibility index (Phi) is 4.13. The van der Waals surface area contributed by atoms with Gasteiger partial charge in [-0.3, -0.25) is 0 Å². The molecule has 0 aromatic heterocycles. The van der Waals surface area contributed by atoms with Crippen LogP contribution in [0.1, 0.15) is 49.3 Å². The lowest BCUT2D eigenvalue weighted by Crippen LogP contribution is -2.11. The maximum absolute atomic E-state index is 13.1. The predicted molar refractivity (Wildman–Crippen MR) is 62.9 cm³/mol. The van der Waals surface area contributed by atoms with Crippen molar-refractivity contribution >= 4 is 0 Å². The standard InChI is InChI=1S/C14H16F4O/c15-12-6-5-10(8-11(12)14(16,17)18)13(19)7-9-3-1-2-4-9/h5-6,8-9,13,19H,1-4,7H2. The largest absolute Gasteiger partial charge is 0.419 e. The first-order valence-corrected chi connectivity index (χ1v) is 6.42. The Morgan fingerprint density at radius 2 is 1.84 bits per heavy atom. The summed E-state index contributed by atoms with van der Waals surface area (Å²) >= 11 is 0. The SMILES string of the molecule is OC(CC1CCCC1)c1ccc(F)c(C(F)(F)F)c1. The van der Waals surface area contributed by atoms with E-state index in [1.54, 1.807) is 0 Å². The average molecular weight is 276 g/mol. The van der Waals surface area contributed by atoms with E-state index in [2.05, 4.69) is 0 Å². The Hall–Kier alpha value is -1.10. The van der Waals surface area contributed by atoms with E-state index in [-0.39, 0.29) is 5.56 Å². The van der Waals surface area contributed by atoms with Gasteiger partial charge in [0, 0.05) is 0 Å². The zero-order valence-electron chi connectivity index (χ0n) is 10.4. The van der Waals surface area contributed by atoms with Crippen LogP contribution in [0, 0.1) is 11.7 Å². The van der Waals surface area contributed by atoms with Crippen LogP contribution in [0.25, 0.3) is 0 Å². The highest BCUT2D eigenvalue weighted by Crippen LogP contribution is 2.36. The number of hydrogen-bond donors (Lipinski definition) is 1. The Bertz CT molecular complexity index is 436. The van der Waals surface area contributed by atoms with Crippen molar-refractivity contribution in [2.45, 2.75) is 44.4 Å². The third-order valence-electron chi connectivity index (χ3n) is 3.71. The number of rotatable bonds is 3. The molecule has 2 rings (SSSR count). The molecule has 1 aromatic carbocycles. The van der Waals surface area contributed by atoms with Crippen molar-refractivity contribution < 1.29 is 22.7 Å². The van der Waals surface area contributed by atoms with Crippen molar-refractivity contribution in [2.75, 3.05) is 0 Å². The molecule has 0 spiro atoms. The van der Waals surface area contributed by atoms with Gasteiger partial charge in [-0.25, -0.2) is 4.39 Å². The number of aliphatic hydroxyl groups excluding tert-OH is 1. The Labute approximate surface area is 109 Å². The Morgan fingerprint density at radius 1 is 1.21 bits per heavy atom. The topological polar surface area (TPSA) is 20.2 Å². The van der Waals surface area contributed by atoms with Gasteiger partial charge < -0.3 is 5.11 Å². The van der Waals surface area contributed by atoms with E-state index in [9.17, 15) is 22.7 Å². The predicted octanol–water partition coefficient (Wildman–Crippen LogP) is 4.46. The van der Waals surface area contributed by atoms with Crippen LogP contribution in [0.2, 0.25) is 0 Å². The Morgan fingerprint density at radius 3 is 2.42 bits per heavy atom. The molecule has 1 atom stereocenters. The minimum Gasteiger partial charge on any atom is -0.388 e. The van der Waals surface area contributed by atoms with E-state index < -0.39 is 23.7 Å². The van der Waals surface area contributed by atoms with Gasteiger partial charge in [-0.1, -0.05) is 31.7 Å². The monoisotopic (exact) mass is 276 g/mol. The third kappa shape index (κ3) is 3.47. The van der Waals surface area contributed by atoms with Gasteiger partial charge in [-0.15, -0.1) is 0 Å². The summed E-state index contributed by atoms with van der Waals surface area (Å²) in [5, 5.41) is 9.97. The van der Waals surface area contributed by atoms with Gasteiger partial charge in [0.1, 0.15) is 5.82 Å². The van der Waals surface area contributed by atoms with Crippen molar-refractivity contribution in [1.29, 1.82) is 0 Å². The molecule has 19 heavy (non-hydrogen) atoms. The minimum absolute atomic E-state index is 0.139. The summed E-state index contributed by atoms with van der Waals surface area (Å²) in [6.07, 6.45) is -1.02. The van der Waals surface area contributed by atoms with E-state index in [1.807, 2.05) is 0 Å². The van der Waals surface area contributed by atoms with Crippen LogP contribution in [0.15, 0.2) is 18.2 Å². The molecule has 1 aromatic rings. The van der Waals surface area contributed by atoms with Gasteiger partial charge in [0.15, 0.2) is 0 Å². The molecule has 5 heteroatoms. The second-order valence-electron chi connectivity index (χ2n) is 5.14. The molecular weight excluding hydrogens is 260 g/mol.